The van der Waals surface area contributed by atoms with Crippen molar-refractivity contribution in [1.82, 2.24) is 9.97 Å². The highest BCUT2D eigenvalue weighted by molar-refractivity contribution is 7.26. The number of fused-ring (bicyclic) bond motifs is 12. The zero-order valence-electron chi connectivity index (χ0n) is 27.4. The van der Waals surface area contributed by atoms with Gasteiger partial charge in [-0.3, -0.25) is 0 Å². The van der Waals surface area contributed by atoms with Crippen molar-refractivity contribution in [2.75, 3.05) is 0 Å². The molecular formula is C47H28N2OS. The number of para-hydroxylation sites is 1. The molecule has 0 radical (unpaired) electrons. The van der Waals surface area contributed by atoms with Gasteiger partial charge in [0.15, 0.2) is 5.82 Å². The van der Waals surface area contributed by atoms with Crippen LogP contribution in [-0.2, 0) is 5.41 Å². The van der Waals surface area contributed by atoms with Crippen molar-refractivity contribution in [1.29, 1.82) is 0 Å². The van der Waals surface area contributed by atoms with Crippen LogP contribution in [0.1, 0.15) is 22.3 Å². The number of nitrogens with zero attached hydrogens (tertiary/aromatic N) is 2. The van der Waals surface area contributed by atoms with Crippen molar-refractivity contribution >= 4 is 31.5 Å². The fraction of sp³-hybridized carbons (Fsp3) is 0.0213. The summed E-state index contributed by atoms with van der Waals surface area (Å²) >= 11 is 1.83. The highest BCUT2D eigenvalue weighted by Crippen LogP contribution is 2.63. The SMILES string of the molecule is c1ccc(-c2cc(-c3cccc4sc5cc6c(cc5c34)Oc3ccccc3C63c4ccccc4-c4ccccc43)nc(-c3ccccc3)n2)cc1. The normalized spacial score (nSPS) is 13.4. The van der Waals surface area contributed by atoms with Crippen LogP contribution in [-0.4, -0.2) is 9.97 Å². The minimum atomic E-state index is -0.494. The molecule has 51 heavy (non-hydrogen) atoms. The van der Waals surface area contributed by atoms with Gasteiger partial charge in [0, 0.05) is 48.0 Å². The number of aromatic nitrogens is 2. The van der Waals surface area contributed by atoms with E-state index in [1.54, 1.807) is 0 Å². The van der Waals surface area contributed by atoms with Crippen LogP contribution in [0.2, 0.25) is 0 Å². The Morgan fingerprint density at radius 1 is 0.431 bits per heavy atom. The van der Waals surface area contributed by atoms with Gasteiger partial charge in [0.1, 0.15) is 11.5 Å². The molecule has 11 rings (SSSR count). The molecule has 7 aromatic carbocycles. The zero-order valence-corrected chi connectivity index (χ0v) is 28.2. The lowest BCUT2D eigenvalue weighted by atomic mass is 9.66. The Morgan fingerprint density at radius 3 is 1.78 bits per heavy atom. The molecule has 0 fully saturated rings. The first-order valence-corrected chi connectivity index (χ1v) is 18.1. The van der Waals surface area contributed by atoms with Gasteiger partial charge < -0.3 is 4.74 Å². The molecule has 4 heteroatoms. The van der Waals surface area contributed by atoms with Gasteiger partial charge in [-0.25, -0.2) is 9.97 Å². The van der Waals surface area contributed by atoms with Crippen LogP contribution in [0.5, 0.6) is 11.5 Å². The van der Waals surface area contributed by atoms with Crippen LogP contribution in [0, 0.1) is 0 Å². The molecule has 0 saturated carbocycles. The van der Waals surface area contributed by atoms with Crippen LogP contribution in [0.25, 0.3) is 65.2 Å². The molecule has 3 heterocycles. The van der Waals surface area contributed by atoms with E-state index in [9.17, 15) is 0 Å². The molecule has 1 aliphatic heterocycles. The van der Waals surface area contributed by atoms with Gasteiger partial charge in [0.2, 0.25) is 0 Å². The lowest BCUT2D eigenvalue weighted by Crippen LogP contribution is -2.32. The van der Waals surface area contributed by atoms with Crippen molar-refractivity contribution in [3.8, 4) is 56.5 Å². The Hall–Kier alpha value is -6.36. The number of ether oxygens (including phenoxy) is 1. The number of hydrogen-bond donors (Lipinski definition) is 0. The highest BCUT2D eigenvalue weighted by atomic mass is 32.1. The van der Waals surface area contributed by atoms with Gasteiger partial charge in [0.05, 0.1) is 16.8 Å². The summed E-state index contributed by atoms with van der Waals surface area (Å²) < 4.78 is 9.34. The third-order valence-electron chi connectivity index (χ3n) is 10.6. The van der Waals surface area contributed by atoms with E-state index >= 15 is 0 Å². The number of thiophene rings is 1. The maximum atomic E-state index is 6.90. The van der Waals surface area contributed by atoms with Gasteiger partial charge in [-0.15, -0.1) is 11.3 Å². The van der Waals surface area contributed by atoms with E-state index in [4.69, 9.17) is 14.7 Å². The van der Waals surface area contributed by atoms with Crippen molar-refractivity contribution in [2.24, 2.45) is 0 Å². The minimum absolute atomic E-state index is 0.494. The summed E-state index contributed by atoms with van der Waals surface area (Å²) in [4.78, 5) is 10.3. The summed E-state index contributed by atoms with van der Waals surface area (Å²) in [5.74, 6) is 2.49. The van der Waals surface area contributed by atoms with E-state index in [0.717, 1.165) is 39.6 Å². The molecule has 3 nitrogen and oxygen atoms in total. The predicted octanol–water partition coefficient (Wildman–Crippen LogP) is 12.3. The summed E-state index contributed by atoms with van der Waals surface area (Å²) in [5, 5.41) is 2.35. The molecule has 1 spiro atoms. The number of rotatable bonds is 3. The third-order valence-corrected chi connectivity index (χ3v) is 11.7. The van der Waals surface area contributed by atoms with Crippen molar-refractivity contribution in [2.45, 2.75) is 5.41 Å². The van der Waals surface area contributed by atoms with E-state index in [-0.39, 0.29) is 0 Å². The molecule has 9 aromatic rings. The Morgan fingerprint density at radius 2 is 1.04 bits per heavy atom. The zero-order chi connectivity index (χ0) is 33.5. The lowest BCUT2D eigenvalue weighted by Gasteiger charge is -2.39. The Balaban J connectivity index is 1.19. The van der Waals surface area contributed by atoms with Crippen LogP contribution in [0.4, 0.5) is 0 Å². The van der Waals surface area contributed by atoms with Crippen LogP contribution >= 0.6 is 11.3 Å². The van der Waals surface area contributed by atoms with Crippen LogP contribution in [0.3, 0.4) is 0 Å². The molecule has 1 aliphatic carbocycles. The molecule has 2 aromatic heterocycles. The van der Waals surface area contributed by atoms with E-state index < -0.39 is 5.41 Å². The second-order valence-corrected chi connectivity index (χ2v) is 14.3. The van der Waals surface area contributed by atoms with Gasteiger partial charge in [0.25, 0.3) is 0 Å². The molecule has 238 valence electrons. The van der Waals surface area contributed by atoms with E-state index in [2.05, 4.69) is 146 Å². The lowest BCUT2D eigenvalue weighted by molar-refractivity contribution is 0.437. The highest BCUT2D eigenvalue weighted by Gasteiger charge is 2.51. The molecule has 0 bridgehead atoms. The summed E-state index contributed by atoms with van der Waals surface area (Å²) in [5.41, 5.74) is 11.9. The minimum Gasteiger partial charge on any atom is -0.457 e. The fourth-order valence-corrected chi connectivity index (χ4v) is 9.60. The summed E-state index contributed by atoms with van der Waals surface area (Å²) in [6.07, 6.45) is 0. The average molecular weight is 669 g/mol. The monoisotopic (exact) mass is 668 g/mol. The largest absolute Gasteiger partial charge is 0.457 e. The summed E-state index contributed by atoms with van der Waals surface area (Å²) in [6, 6.07) is 60.4. The Kier molecular flexibility index (Phi) is 6.04. The maximum Gasteiger partial charge on any atom is 0.160 e. The van der Waals surface area contributed by atoms with E-state index in [0.29, 0.717) is 5.82 Å². The predicted molar refractivity (Wildman–Crippen MR) is 209 cm³/mol. The van der Waals surface area contributed by atoms with Gasteiger partial charge in [-0.2, -0.15) is 0 Å². The molecule has 0 amide bonds. The van der Waals surface area contributed by atoms with E-state index in [1.807, 2.05) is 35.6 Å². The second-order valence-electron chi connectivity index (χ2n) is 13.3. The first-order chi connectivity index (χ1) is 25.3. The van der Waals surface area contributed by atoms with Crippen LogP contribution < -0.4 is 4.74 Å². The third kappa shape index (κ3) is 4.05. The van der Waals surface area contributed by atoms with Crippen molar-refractivity contribution in [3.05, 3.63) is 192 Å². The van der Waals surface area contributed by atoms with Gasteiger partial charge >= 0.3 is 0 Å². The molecule has 0 saturated heterocycles. The van der Waals surface area contributed by atoms with Crippen LogP contribution in [0.15, 0.2) is 170 Å². The van der Waals surface area contributed by atoms with Crippen molar-refractivity contribution in [3.63, 3.8) is 0 Å². The smallest absolute Gasteiger partial charge is 0.160 e. The number of benzene rings is 7. The average Bonchev–Trinajstić information content (AvgIpc) is 3.71. The second kappa shape index (κ2) is 10.8. The maximum absolute atomic E-state index is 6.90. The fourth-order valence-electron chi connectivity index (χ4n) is 8.45. The van der Waals surface area contributed by atoms with Gasteiger partial charge in [-0.05, 0) is 52.6 Å². The van der Waals surface area contributed by atoms with Crippen molar-refractivity contribution < 1.29 is 4.74 Å². The first kappa shape index (κ1) is 28.5. The number of hydrogen-bond acceptors (Lipinski definition) is 4. The Labute approximate surface area is 299 Å². The Bertz CT molecular complexity index is 2740. The molecule has 0 atom stereocenters. The van der Waals surface area contributed by atoms with Gasteiger partial charge in [-0.1, -0.05) is 140 Å². The quantitative estimate of drug-likeness (QED) is 0.188. The van der Waals surface area contributed by atoms with E-state index in [1.165, 1.54) is 53.6 Å². The molecular weight excluding hydrogens is 641 g/mol. The summed E-state index contributed by atoms with van der Waals surface area (Å²) in [7, 11) is 0. The molecule has 2 aliphatic rings. The first-order valence-electron chi connectivity index (χ1n) is 17.2. The summed E-state index contributed by atoms with van der Waals surface area (Å²) in [6.45, 7) is 0. The topological polar surface area (TPSA) is 35.0 Å². The molecule has 0 unspecified atom stereocenters. The molecule has 0 N–H and O–H groups in total. The standard InChI is InChI=1S/C47H28N2OS/c1-3-14-29(15-4-1)39-28-40(49-46(48-39)30-16-5-2-6-17-30)33-20-13-25-43-45(33)34-26-42-38(27-44(34)51-43)47(37-23-11-12-24-41(37)50-42)35-21-9-7-18-31(35)32-19-8-10-22-36(32)47/h1-28H.